The van der Waals surface area contributed by atoms with Gasteiger partial charge in [0.15, 0.2) is 5.11 Å². The summed E-state index contributed by atoms with van der Waals surface area (Å²) in [5.41, 5.74) is 3.27. The van der Waals surface area contributed by atoms with E-state index in [0.29, 0.717) is 17.2 Å². The number of piperidine rings is 1. The summed E-state index contributed by atoms with van der Waals surface area (Å²) in [6.07, 6.45) is 3.41. The standard InChI is InChI=1S/C14H19F2N3S/c1-9-4-3-5-10(2)19(9)18-14(20)17-13-7-6-11(15)8-12(13)16/h6-10H,3-5H2,1-2H3,(H2,17,18,20). The number of hydrogen-bond donors (Lipinski definition) is 2. The maximum absolute atomic E-state index is 13.5. The highest BCUT2D eigenvalue weighted by Crippen LogP contribution is 2.20. The van der Waals surface area contributed by atoms with Crippen LogP contribution < -0.4 is 10.7 Å². The van der Waals surface area contributed by atoms with Crippen molar-refractivity contribution in [3.05, 3.63) is 29.8 Å². The Morgan fingerprint density at radius 3 is 2.50 bits per heavy atom. The second-order valence-corrected chi connectivity index (χ2v) is 5.63. The number of nitrogens with one attached hydrogen (secondary N) is 2. The molecule has 1 saturated heterocycles. The quantitative estimate of drug-likeness (QED) is 0.818. The topological polar surface area (TPSA) is 27.3 Å². The monoisotopic (exact) mass is 299 g/mol. The first-order valence-electron chi connectivity index (χ1n) is 6.78. The van der Waals surface area contributed by atoms with Gasteiger partial charge in [-0.15, -0.1) is 0 Å². The van der Waals surface area contributed by atoms with E-state index in [-0.39, 0.29) is 5.69 Å². The van der Waals surface area contributed by atoms with Crippen molar-refractivity contribution in [3.8, 4) is 0 Å². The van der Waals surface area contributed by atoms with Gasteiger partial charge in [-0.1, -0.05) is 6.42 Å². The Kier molecular flexibility index (Phi) is 4.88. The van der Waals surface area contributed by atoms with Crippen molar-refractivity contribution in [1.29, 1.82) is 0 Å². The van der Waals surface area contributed by atoms with Crippen molar-refractivity contribution in [2.24, 2.45) is 0 Å². The molecule has 0 radical (unpaired) electrons. The minimum absolute atomic E-state index is 0.168. The molecule has 2 unspecified atom stereocenters. The smallest absolute Gasteiger partial charge is 0.185 e. The summed E-state index contributed by atoms with van der Waals surface area (Å²) in [5, 5.41) is 5.16. The Balaban J connectivity index is 1.98. The van der Waals surface area contributed by atoms with Crippen molar-refractivity contribution in [3.63, 3.8) is 0 Å². The molecule has 0 spiro atoms. The first-order chi connectivity index (χ1) is 9.47. The van der Waals surface area contributed by atoms with Gasteiger partial charge in [0.2, 0.25) is 0 Å². The minimum atomic E-state index is -0.658. The summed E-state index contributed by atoms with van der Waals surface area (Å²) in [6, 6.07) is 4.10. The third-order valence-electron chi connectivity index (χ3n) is 3.60. The second-order valence-electron chi connectivity index (χ2n) is 5.23. The first-order valence-corrected chi connectivity index (χ1v) is 7.19. The van der Waals surface area contributed by atoms with Gasteiger partial charge in [-0.3, -0.25) is 5.43 Å². The van der Waals surface area contributed by atoms with E-state index in [0.717, 1.165) is 18.9 Å². The van der Waals surface area contributed by atoms with Gasteiger partial charge in [0.05, 0.1) is 5.69 Å². The van der Waals surface area contributed by atoms with Gasteiger partial charge in [-0.25, -0.2) is 13.8 Å². The van der Waals surface area contributed by atoms with Gasteiger partial charge in [0.25, 0.3) is 0 Å². The lowest BCUT2D eigenvalue weighted by Gasteiger charge is -2.39. The Morgan fingerprint density at radius 2 is 1.90 bits per heavy atom. The van der Waals surface area contributed by atoms with Crippen molar-refractivity contribution in [2.75, 3.05) is 5.32 Å². The fraction of sp³-hybridized carbons (Fsp3) is 0.500. The molecule has 2 atom stereocenters. The van der Waals surface area contributed by atoms with Crippen molar-refractivity contribution in [2.45, 2.75) is 45.2 Å². The highest BCUT2D eigenvalue weighted by molar-refractivity contribution is 7.80. The zero-order chi connectivity index (χ0) is 14.7. The molecule has 1 aliphatic heterocycles. The second kappa shape index (κ2) is 6.45. The lowest BCUT2D eigenvalue weighted by atomic mass is 10.00. The van der Waals surface area contributed by atoms with Gasteiger partial charge in [-0.05, 0) is 51.0 Å². The van der Waals surface area contributed by atoms with Crippen LogP contribution in [0.1, 0.15) is 33.1 Å². The normalized spacial score (nSPS) is 23.4. The predicted octanol–water partition coefficient (Wildman–Crippen LogP) is 3.43. The Hall–Kier alpha value is -1.27. The SMILES string of the molecule is CC1CCCC(C)N1NC(=S)Nc1ccc(F)cc1F. The Labute approximate surface area is 123 Å². The highest BCUT2D eigenvalue weighted by Gasteiger charge is 2.25. The molecule has 2 N–H and O–H groups in total. The van der Waals surface area contributed by atoms with Crippen LogP contribution in [0.2, 0.25) is 0 Å². The molecule has 6 heteroatoms. The van der Waals surface area contributed by atoms with Crippen LogP contribution in [-0.2, 0) is 0 Å². The molecule has 0 saturated carbocycles. The molecule has 1 aromatic rings. The predicted molar refractivity (Wildman–Crippen MR) is 80.3 cm³/mol. The van der Waals surface area contributed by atoms with Crippen LogP contribution in [0.4, 0.5) is 14.5 Å². The molecular formula is C14H19F2N3S. The van der Waals surface area contributed by atoms with E-state index in [9.17, 15) is 8.78 Å². The third-order valence-corrected chi connectivity index (χ3v) is 3.80. The van der Waals surface area contributed by atoms with E-state index in [1.807, 2.05) is 0 Å². The van der Waals surface area contributed by atoms with Crippen molar-refractivity contribution < 1.29 is 8.78 Å². The van der Waals surface area contributed by atoms with E-state index in [4.69, 9.17) is 12.2 Å². The molecule has 110 valence electrons. The zero-order valence-corrected chi connectivity index (χ0v) is 12.4. The molecule has 2 rings (SSSR count). The van der Waals surface area contributed by atoms with Crippen LogP contribution in [0, 0.1) is 11.6 Å². The number of anilines is 1. The number of benzene rings is 1. The van der Waals surface area contributed by atoms with E-state index < -0.39 is 11.6 Å². The summed E-state index contributed by atoms with van der Waals surface area (Å²) >= 11 is 5.19. The molecule has 1 fully saturated rings. The molecule has 1 aromatic carbocycles. The fourth-order valence-electron chi connectivity index (χ4n) is 2.50. The molecule has 3 nitrogen and oxygen atoms in total. The van der Waals surface area contributed by atoms with Crippen LogP contribution in [0.25, 0.3) is 0 Å². The van der Waals surface area contributed by atoms with Crippen LogP contribution in [0.3, 0.4) is 0 Å². The molecule has 1 heterocycles. The fourth-order valence-corrected chi connectivity index (χ4v) is 2.72. The van der Waals surface area contributed by atoms with Gasteiger partial charge < -0.3 is 5.32 Å². The van der Waals surface area contributed by atoms with Crippen LogP contribution >= 0.6 is 12.2 Å². The minimum Gasteiger partial charge on any atom is -0.329 e. The number of thiocarbonyl (C=S) groups is 1. The molecule has 0 aromatic heterocycles. The highest BCUT2D eigenvalue weighted by atomic mass is 32.1. The number of hydrazine groups is 1. The summed E-state index contributed by atoms with van der Waals surface area (Å²) in [6.45, 7) is 4.26. The summed E-state index contributed by atoms with van der Waals surface area (Å²) < 4.78 is 26.4. The molecule has 0 amide bonds. The summed E-state index contributed by atoms with van der Waals surface area (Å²) in [5.74, 6) is -1.26. The van der Waals surface area contributed by atoms with Crippen LogP contribution in [-0.4, -0.2) is 22.2 Å². The molecular weight excluding hydrogens is 280 g/mol. The molecule has 0 bridgehead atoms. The molecule has 0 aliphatic carbocycles. The van der Waals surface area contributed by atoms with Gasteiger partial charge >= 0.3 is 0 Å². The Morgan fingerprint density at radius 1 is 1.25 bits per heavy atom. The molecule has 20 heavy (non-hydrogen) atoms. The maximum Gasteiger partial charge on any atom is 0.185 e. The third kappa shape index (κ3) is 3.64. The summed E-state index contributed by atoms with van der Waals surface area (Å²) in [7, 11) is 0. The van der Waals surface area contributed by atoms with E-state index >= 15 is 0 Å². The number of hydrogen-bond acceptors (Lipinski definition) is 2. The summed E-state index contributed by atoms with van der Waals surface area (Å²) in [4.78, 5) is 0. The first kappa shape index (κ1) is 15.1. The zero-order valence-electron chi connectivity index (χ0n) is 11.6. The van der Waals surface area contributed by atoms with Crippen molar-refractivity contribution in [1.82, 2.24) is 10.4 Å². The lowest BCUT2D eigenvalue weighted by molar-refractivity contribution is 0.0750. The average Bonchev–Trinajstić information content (AvgIpc) is 2.37. The largest absolute Gasteiger partial charge is 0.329 e. The van der Waals surface area contributed by atoms with Crippen molar-refractivity contribution >= 4 is 23.0 Å². The van der Waals surface area contributed by atoms with E-state index in [1.165, 1.54) is 18.6 Å². The lowest BCUT2D eigenvalue weighted by Crippen LogP contribution is -2.55. The number of halogens is 2. The van der Waals surface area contributed by atoms with Gasteiger partial charge in [0.1, 0.15) is 11.6 Å². The van der Waals surface area contributed by atoms with Crippen LogP contribution in [0.15, 0.2) is 18.2 Å². The van der Waals surface area contributed by atoms with E-state index in [2.05, 4.69) is 29.6 Å². The van der Waals surface area contributed by atoms with Crippen LogP contribution in [0.5, 0.6) is 0 Å². The maximum atomic E-state index is 13.5. The number of rotatable bonds is 2. The van der Waals surface area contributed by atoms with Gasteiger partial charge in [0, 0.05) is 18.2 Å². The molecule has 1 aliphatic rings. The average molecular weight is 299 g/mol. The van der Waals surface area contributed by atoms with Gasteiger partial charge in [-0.2, -0.15) is 0 Å². The van der Waals surface area contributed by atoms with E-state index in [1.54, 1.807) is 0 Å². The number of nitrogens with zero attached hydrogens (tertiary/aromatic N) is 1. The Bertz CT molecular complexity index is 485.